The molecular formula is C28H29N7O2. The van der Waals surface area contributed by atoms with E-state index in [1.807, 2.05) is 42.5 Å². The van der Waals surface area contributed by atoms with Crippen LogP contribution in [0.25, 0.3) is 22.2 Å². The predicted molar refractivity (Wildman–Crippen MR) is 147 cm³/mol. The van der Waals surface area contributed by atoms with Crippen LogP contribution < -0.4 is 26.0 Å². The van der Waals surface area contributed by atoms with Gasteiger partial charge in [0.1, 0.15) is 5.75 Å². The van der Waals surface area contributed by atoms with Crippen LogP contribution in [0.3, 0.4) is 0 Å². The molecule has 1 aliphatic heterocycles. The van der Waals surface area contributed by atoms with Gasteiger partial charge in [-0.05, 0) is 56.3 Å². The summed E-state index contributed by atoms with van der Waals surface area (Å²) >= 11 is 0. The summed E-state index contributed by atoms with van der Waals surface area (Å²) < 4.78 is 5.66. The van der Waals surface area contributed by atoms with Gasteiger partial charge in [0.25, 0.3) is 0 Å². The molecule has 188 valence electrons. The average Bonchev–Trinajstić information content (AvgIpc) is 2.94. The number of nitrogens with one attached hydrogen (secondary N) is 4. The van der Waals surface area contributed by atoms with Crippen molar-refractivity contribution in [1.82, 2.24) is 20.3 Å². The van der Waals surface area contributed by atoms with E-state index in [9.17, 15) is 4.79 Å². The SMILES string of the molecule is C=CC(=O)Nc1ccnc(-c2cccc3cnc(Nc4ccc(NC5CCNCC5)cc4OC)nc23)c1. The Kier molecular flexibility index (Phi) is 7.23. The van der Waals surface area contributed by atoms with Crippen molar-refractivity contribution in [1.29, 1.82) is 0 Å². The number of ether oxygens (including phenoxy) is 1. The molecule has 1 amide bonds. The van der Waals surface area contributed by atoms with Gasteiger partial charge in [0.2, 0.25) is 11.9 Å². The molecule has 1 fully saturated rings. The number of benzene rings is 2. The lowest BCUT2D eigenvalue weighted by Gasteiger charge is -2.25. The standard InChI is InChI=1S/C28H29N7O2/c1-3-26(36)33-21-11-14-30-24(15-21)22-6-4-5-18-17-31-28(35-27(18)22)34-23-8-7-20(16-25(23)37-2)32-19-9-12-29-13-10-19/h3-8,11,14-17,19,29,32H,1,9-10,12-13H2,2H3,(H,30,33,36)(H,31,34,35). The van der Waals surface area contributed by atoms with Crippen molar-refractivity contribution in [2.75, 3.05) is 36.1 Å². The van der Waals surface area contributed by atoms with Crippen molar-refractivity contribution in [3.63, 3.8) is 0 Å². The van der Waals surface area contributed by atoms with Crippen LogP contribution in [0, 0.1) is 0 Å². The Morgan fingerprint density at radius 2 is 1.97 bits per heavy atom. The van der Waals surface area contributed by atoms with Crippen LogP contribution in [-0.2, 0) is 4.79 Å². The smallest absolute Gasteiger partial charge is 0.247 e. The van der Waals surface area contributed by atoms with E-state index in [0.29, 0.717) is 29.1 Å². The highest BCUT2D eigenvalue weighted by Gasteiger charge is 2.15. The van der Waals surface area contributed by atoms with Crippen LogP contribution in [0.5, 0.6) is 5.75 Å². The molecule has 3 heterocycles. The molecule has 1 aliphatic rings. The maximum absolute atomic E-state index is 11.7. The second-order valence-corrected chi connectivity index (χ2v) is 8.77. The van der Waals surface area contributed by atoms with Gasteiger partial charge in [0.15, 0.2) is 0 Å². The van der Waals surface area contributed by atoms with Gasteiger partial charge in [-0.2, -0.15) is 0 Å². The number of rotatable bonds is 8. The first-order chi connectivity index (χ1) is 18.1. The van der Waals surface area contributed by atoms with E-state index in [0.717, 1.165) is 53.8 Å². The highest BCUT2D eigenvalue weighted by molar-refractivity contribution is 5.99. The van der Waals surface area contributed by atoms with Crippen LogP contribution in [-0.4, -0.2) is 47.1 Å². The van der Waals surface area contributed by atoms with Crippen LogP contribution in [0.15, 0.2) is 73.6 Å². The number of carbonyl (C=O) groups excluding carboxylic acids is 1. The number of fused-ring (bicyclic) bond motifs is 1. The molecule has 9 heteroatoms. The van der Waals surface area contributed by atoms with E-state index < -0.39 is 0 Å². The molecule has 9 nitrogen and oxygen atoms in total. The molecule has 4 aromatic rings. The monoisotopic (exact) mass is 495 g/mol. The first-order valence-corrected chi connectivity index (χ1v) is 12.2. The zero-order chi connectivity index (χ0) is 25.6. The number of carbonyl (C=O) groups is 1. The van der Waals surface area contributed by atoms with Crippen LogP contribution in [0.2, 0.25) is 0 Å². The van der Waals surface area contributed by atoms with Gasteiger partial charge < -0.3 is 26.0 Å². The first-order valence-electron chi connectivity index (χ1n) is 12.2. The molecule has 5 rings (SSSR count). The Morgan fingerprint density at radius 3 is 2.78 bits per heavy atom. The number of hydrogen-bond acceptors (Lipinski definition) is 8. The lowest BCUT2D eigenvalue weighted by Crippen LogP contribution is -2.35. The van der Waals surface area contributed by atoms with Gasteiger partial charge in [0.05, 0.1) is 24.0 Å². The molecule has 1 saturated heterocycles. The van der Waals surface area contributed by atoms with E-state index in [2.05, 4.69) is 37.8 Å². The normalized spacial score (nSPS) is 13.6. The van der Waals surface area contributed by atoms with Crippen LogP contribution in [0.1, 0.15) is 12.8 Å². The van der Waals surface area contributed by atoms with Gasteiger partial charge >= 0.3 is 0 Å². The van der Waals surface area contributed by atoms with Crippen molar-refractivity contribution in [3.8, 4) is 17.0 Å². The fourth-order valence-electron chi connectivity index (χ4n) is 4.38. The summed E-state index contributed by atoms with van der Waals surface area (Å²) in [6.45, 7) is 5.55. The fraction of sp³-hybridized carbons (Fsp3) is 0.214. The third-order valence-corrected chi connectivity index (χ3v) is 6.26. The Bertz CT molecular complexity index is 1430. The molecule has 0 aliphatic carbocycles. The van der Waals surface area contributed by atoms with E-state index in [4.69, 9.17) is 9.72 Å². The average molecular weight is 496 g/mol. The Hall–Kier alpha value is -4.50. The number of anilines is 4. The third-order valence-electron chi connectivity index (χ3n) is 6.26. The van der Waals surface area contributed by atoms with Crippen molar-refractivity contribution < 1.29 is 9.53 Å². The topological polar surface area (TPSA) is 113 Å². The molecule has 4 N–H and O–H groups in total. The third kappa shape index (κ3) is 5.68. The van der Waals surface area contributed by atoms with E-state index >= 15 is 0 Å². The summed E-state index contributed by atoms with van der Waals surface area (Å²) in [6, 6.07) is 15.8. The predicted octanol–water partition coefficient (Wildman–Crippen LogP) is 4.73. The summed E-state index contributed by atoms with van der Waals surface area (Å²) in [5.41, 5.74) is 4.66. The quantitative estimate of drug-likeness (QED) is 0.260. The molecule has 0 radical (unpaired) electrons. The lowest BCUT2D eigenvalue weighted by atomic mass is 10.1. The Labute approximate surface area is 215 Å². The largest absolute Gasteiger partial charge is 0.494 e. The highest BCUT2D eigenvalue weighted by atomic mass is 16.5. The van der Waals surface area contributed by atoms with Gasteiger partial charge in [-0.25, -0.2) is 9.97 Å². The maximum atomic E-state index is 11.7. The lowest BCUT2D eigenvalue weighted by molar-refractivity contribution is -0.111. The minimum atomic E-state index is -0.283. The second-order valence-electron chi connectivity index (χ2n) is 8.77. The number of methoxy groups -OCH3 is 1. The fourth-order valence-corrected chi connectivity index (χ4v) is 4.38. The summed E-state index contributed by atoms with van der Waals surface area (Å²) in [4.78, 5) is 25.5. The zero-order valence-electron chi connectivity index (χ0n) is 20.6. The number of amides is 1. The summed E-state index contributed by atoms with van der Waals surface area (Å²) in [5.74, 6) is 0.853. The molecule has 37 heavy (non-hydrogen) atoms. The minimum absolute atomic E-state index is 0.283. The molecule has 0 bridgehead atoms. The number of hydrogen-bond donors (Lipinski definition) is 4. The molecular weight excluding hydrogens is 466 g/mol. The van der Waals surface area contributed by atoms with E-state index in [1.165, 1.54) is 6.08 Å². The molecule has 0 atom stereocenters. The van der Waals surface area contributed by atoms with Crippen molar-refractivity contribution in [2.45, 2.75) is 18.9 Å². The number of nitrogens with zero attached hydrogens (tertiary/aromatic N) is 3. The molecule has 0 spiro atoms. The van der Waals surface area contributed by atoms with Crippen molar-refractivity contribution in [3.05, 3.63) is 73.6 Å². The summed E-state index contributed by atoms with van der Waals surface area (Å²) in [7, 11) is 1.65. The Morgan fingerprint density at radius 1 is 1.11 bits per heavy atom. The van der Waals surface area contributed by atoms with Crippen LogP contribution in [0.4, 0.5) is 23.0 Å². The molecule has 2 aromatic carbocycles. The van der Waals surface area contributed by atoms with Gasteiger partial charge in [-0.15, -0.1) is 0 Å². The van der Waals surface area contributed by atoms with E-state index in [-0.39, 0.29) is 5.91 Å². The Balaban J connectivity index is 1.42. The molecule has 0 unspecified atom stereocenters. The van der Waals surface area contributed by atoms with Crippen molar-refractivity contribution >= 4 is 39.8 Å². The number of pyridine rings is 1. The molecule has 0 saturated carbocycles. The number of piperidine rings is 1. The molecule has 2 aromatic heterocycles. The minimum Gasteiger partial charge on any atom is -0.494 e. The summed E-state index contributed by atoms with van der Waals surface area (Å²) in [6.07, 6.45) is 6.84. The van der Waals surface area contributed by atoms with Gasteiger partial charge in [0, 0.05) is 46.8 Å². The first kappa shape index (κ1) is 24.2. The van der Waals surface area contributed by atoms with Crippen LogP contribution >= 0.6 is 0 Å². The van der Waals surface area contributed by atoms with Crippen molar-refractivity contribution in [2.24, 2.45) is 0 Å². The maximum Gasteiger partial charge on any atom is 0.247 e. The highest BCUT2D eigenvalue weighted by Crippen LogP contribution is 2.32. The number of para-hydroxylation sites is 1. The van der Waals surface area contributed by atoms with Gasteiger partial charge in [-0.3, -0.25) is 9.78 Å². The second kappa shape index (κ2) is 11.0. The zero-order valence-corrected chi connectivity index (χ0v) is 20.6. The van der Waals surface area contributed by atoms with Gasteiger partial charge in [-0.1, -0.05) is 24.8 Å². The summed E-state index contributed by atoms with van der Waals surface area (Å²) in [5, 5.41) is 13.9. The van der Waals surface area contributed by atoms with E-state index in [1.54, 1.807) is 25.6 Å². The number of aromatic nitrogens is 3.